The lowest BCUT2D eigenvalue weighted by atomic mass is 9.95. The van der Waals surface area contributed by atoms with Gasteiger partial charge in [-0.25, -0.2) is 4.68 Å². The quantitative estimate of drug-likeness (QED) is 0.491. The third kappa shape index (κ3) is 3.18. The van der Waals surface area contributed by atoms with Crippen LogP contribution in [-0.2, 0) is 25.2 Å². The van der Waals surface area contributed by atoms with Crippen LogP contribution in [0.15, 0.2) is 41.0 Å². The van der Waals surface area contributed by atoms with E-state index in [2.05, 4.69) is 5.10 Å². The maximum Gasteiger partial charge on any atom is 0.435 e. The Morgan fingerprint density at radius 3 is 2.32 bits per heavy atom. The third-order valence-corrected chi connectivity index (χ3v) is 4.79. The van der Waals surface area contributed by atoms with Gasteiger partial charge in [-0.2, -0.15) is 31.4 Å². The molecule has 3 aromatic rings. The van der Waals surface area contributed by atoms with Gasteiger partial charge in [-0.1, -0.05) is 0 Å². The minimum absolute atomic E-state index is 0.0319. The van der Waals surface area contributed by atoms with Crippen molar-refractivity contribution < 1.29 is 30.8 Å². The van der Waals surface area contributed by atoms with E-state index in [1.807, 2.05) is 0 Å². The Bertz CT molecular complexity index is 999. The Balaban J connectivity index is 1.96. The van der Waals surface area contributed by atoms with Gasteiger partial charge in [0.1, 0.15) is 5.76 Å². The second kappa shape index (κ2) is 6.42. The zero-order valence-corrected chi connectivity index (χ0v) is 14.4. The van der Waals surface area contributed by atoms with Crippen molar-refractivity contribution in [2.75, 3.05) is 0 Å². The summed E-state index contributed by atoms with van der Waals surface area (Å²) in [5, 5.41) is 3.76. The van der Waals surface area contributed by atoms with Crippen molar-refractivity contribution in [1.82, 2.24) is 9.78 Å². The van der Waals surface area contributed by atoms with E-state index in [0.29, 0.717) is 25.0 Å². The highest BCUT2D eigenvalue weighted by Crippen LogP contribution is 2.40. The molecule has 0 bridgehead atoms. The monoisotopic (exact) mass is 400 g/mol. The maximum atomic E-state index is 13.5. The van der Waals surface area contributed by atoms with Crippen molar-refractivity contribution >= 4 is 0 Å². The predicted molar refractivity (Wildman–Crippen MR) is 87.9 cm³/mol. The number of aromatic nitrogens is 2. The zero-order valence-electron chi connectivity index (χ0n) is 14.4. The van der Waals surface area contributed by atoms with E-state index < -0.39 is 23.6 Å². The molecule has 0 saturated carbocycles. The summed E-state index contributed by atoms with van der Waals surface area (Å²) in [5.41, 5.74) is -1.25. The van der Waals surface area contributed by atoms with Crippen LogP contribution in [0.2, 0.25) is 0 Å². The molecule has 28 heavy (non-hydrogen) atoms. The standard InChI is InChI=1S/C19H14F6N2O/c20-18(21,22)11-7-8-15(13(10-11)16-6-3-9-28-16)27-14-5-2-1-4-12(14)17(26-27)19(23,24)25/h3,6-10H,1-2,4-5H2. The van der Waals surface area contributed by atoms with Gasteiger partial charge >= 0.3 is 12.4 Å². The fourth-order valence-corrected chi connectivity index (χ4v) is 3.55. The van der Waals surface area contributed by atoms with Gasteiger partial charge in [0.2, 0.25) is 0 Å². The molecule has 0 atom stereocenters. The molecule has 0 aliphatic heterocycles. The van der Waals surface area contributed by atoms with Crippen LogP contribution in [0.5, 0.6) is 0 Å². The summed E-state index contributed by atoms with van der Waals surface area (Å²) in [6.07, 6.45) is -6.03. The Kier molecular flexibility index (Phi) is 4.28. The van der Waals surface area contributed by atoms with Gasteiger partial charge in [0.25, 0.3) is 0 Å². The Hall–Kier alpha value is -2.71. The lowest BCUT2D eigenvalue weighted by Gasteiger charge is -2.17. The van der Waals surface area contributed by atoms with Crippen molar-refractivity contribution in [2.45, 2.75) is 38.0 Å². The van der Waals surface area contributed by atoms with E-state index in [1.54, 1.807) is 0 Å². The molecule has 2 aromatic heterocycles. The van der Waals surface area contributed by atoms with Gasteiger partial charge in [-0.3, -0.25) is 0 Å². The summed E-state index contributed by atoms with van der Waals surface area (Å²) in [7, 11) is 0. The number of furan rings is 1. The first-order valence-corrected chi connectivity index (χ1v) is 8.60. The van der Waals surface area contributed by atoms with E-state index in [0.717, 1.165) is 22.9 Å². The fourth-order valence-electron chi connectivity index (χ4n) is 3.55. The summed E-state index contributed by atoms with van der Waals surface area (Å²) in [4.78, 5) is 0. The Morgan fingerprint density at radius 2 is 1.68 bits per heavy atom. The zero-order chi connectivity index (χ0) is 20.1. The molecule has 0 N–H and O–H groups in total. The normalized spacial score (nSPS) is 14.9. The molecule has 148 valence electrons. The van der Waals surface area contributed by atoms with Crippen LogP contribution in [0, 0.1) is 0 Å². The second-order valence-corrected chi connectivity index (χ2v) is 6.60. The molecule has 1 aliphatic rings. The Labute approximate surface area is 155 Å². The van der Waals surface area contributed by atoms with Crippen LogP contribution >= 0.6 is 0 Å². The summed E-state index contributed by atoms with van der Waals surface area (Å²) < 4.78 is 86.3. The van der Waals surface area contributed by atoms with Crippen molar-refractivity contribution in [2.24, 2.45) is 0 Å². The average Bonchev–Trinajstić information content (AvgIpc) is 3.28. The molecule has 0 spiro atoms. The van der Waals surface area contributed by atoms with Crippen LogP contribution in [0.1, 0.15) is 35.4 Å². The lowest BCUT2D eigenvalue weighted by Crippen LogP contribution is -2.11. The second-order valence-electron chi connectivity index (χ2n) is 6.60. The molecule has 2 heterocycles. The maximum absolute atomic E-state index is 13.5. The molecule has 0 amide bonds. The number of benzene rings is 1. The lowest BCUT2D eigenvalue weighted by molar-refractivity contribution is -0.142. The van der Waals surface area contributed by atoms with Crippen LogP contribution in [0.25, 0.3) is 17.0 Å². The number of nitrogens with zero attached hydrogens (tertiary/aromatic N) is 2. The summed E-state index contributed by atoms with van der Waals surface area (Å²) in [6.45, 7) is 0. The van der Waals surface area contributed by atoms with Gasteiger partial charge in [0.15, 0.2) is 5.69 Å². The van der Waals surface area contributed by atoms with Gasteiger partial charge in [0, 0.05) is 16.8 Å². The van der Waals surface area contributed by atoms with Gasteiger partial charge in [-0.15, -0.1) is 0 Å². The Morgan fingerprint density at radius 1 is 0.929 bits per heavy atom. The van der Waals surface area contributed by atoms with Crippen molar-refractivity contribution in [3.8, 4) is 17.0 Å². The van der Waals surface area contributed by atoms with Crippen molar-refractivity contribution in [3.05, 3.63) is 59.1 Å². The third-order valence-electron chi connectivity index (χ3n) is 4.79. The molecule has 1 aliphatic carbocycles. The first-order valence-electron chi connectivity index (χ1n) is 8.60. The van der Waals surface area contributed by atoms with E-state index in [-0.39, 0.29) is 29.0 Å². The number of fused-ring (bicyclic) bond motifs is 1. The van der Waals surface area contributed by atoms with Crippen molar-refractivity contribution in [1.29, 1.82) is 0 Å². The molecular weight excluding hydrogens is 386 g/mol. The first-order chi connectivity index (χ1) is 13.2. The first kappa shape index (κ1) is 18.6. The summed E-state index contributed by atoms with van der Waals surface area (Å²) in [6, 6.07) is 5.81. The summed E-state index contributed by atoms with van der Waals surface area (Å²) >= 11 is 0. The van der Waals surface area contributed by atoms with Crippen LogP contribution in [-0.4, -0.2) is 9.78 Å². The smallest absolute Gasteiger partial charge is 0.435 e. The average molecular weight is 400 g/mol. The van der Waals surface area contributed by atoms with Gasteiger partial charge in [-0.05, 0) is 56.0 Å². The molecule has 0 fully saturated rings. The molecule has 9 heteroatoms. The van der Waals surface area contributed by atoms with E-state index >= 15 is 0 Å². The summed E-state index contributed by atoms with van der Waals surface area (Å²) in [5.74, 6) is 0.120. The van der Waals surface area contributed by atoms with E-state index in [4.69, 9.17) is 4.42 Å². The molecule has 4 rings (SSSR count). The fraction of sp³-hybridized carbons (Fsp3) is 0.316. The minimum Gasteiger partial charge on any atom is -0.464 e. The van der Waals surface area contributed by atoms with E-state index in [9.17, 15) is 26.3 Å². The number of hydrogen-bond acceptors (Lipinski definition) is 2. The highest BCUT2D eigenvalue weighted by atomic mass is 19.4. The number of rotatable bonds is 2. The molecule has 3 nitrogen and oxygen atoms in total. The van der Waals surface area contributed by atoms with Crippen LogP contribution in [0.4, 0.5) is 26.3 Å². The highest BCUT2D eigenvalue weighted by molar-refractivity contribution is 5.70. The molecular formula is C19H14F6N2O. The van der Waals surface area contributed by atoms with Crippen LogP contribution in [0.3, 0.4) is 0 Å². The van der Waals surface area contributed by atoms with E-state index in [1.165, 1.54) is 18.4 Å². The highest BCUT2D eigenvalue weighted by Gasteiger charge is 2.40. The number of hydrogen-bond donors (Lipinski definition) is 0. The molecule has 0 radical (unpaired) electrons. The molecule has 0 unspecified atom stereocenters. The number of halogens is 6. The van der Waals surface area contributed by atoms with Crippen molar-refractivity contribution in [3.63, 3.8) is 0 Å². The van der Waals surface area contributed by atoms with Gasteiger partial charge < -0.3 is 4.42 Å². The topological polar surface area (TPSA) is 31.0 Å². The largest absolute Gasteiger partial charge is 0.464 e. The molecule has 1 aromatic carbocycles. The minimum atomic E-state index is -4.64. The SMILES string of the molecule is FC(F)(F)c1ccc(-n2nc(C(F)(F)F)c3c2CCCC3)c(-c2ccco2)c1. The van der Waals surface area contributed by atoms with Gasteiger partial charge in [0.05, 0.1) is 17.5 Å². The predicted octanol–water partition coefficient (Wildman–Crippen LogP) is 6.05. The molecule has 0 saturated heterocycles. The van der Waals surface area contributed by atoms with Crippen LogP contribution < -0.4 is 0 Å². The number of alkyl halides is 6.